The molecule has 1 fully saturated rings. The summed E-state index contributed by atoms with van der Waals surface area (Å²) in [6.07, 6.45) is 2.64. The largest absolute Gasteiger partial charge is 0.324 e. The van der Waals surface area contributed by atoms with Gasteiger partial charge in [-0.15, -0.1) is 0 Å². The van der Waals surface area contributed by atoms with E-state index in [9.17, 15) is 9.59 Å². The van der Waals surface area contributed by atoms with Crippen LogP contribution in [0.3, 0.4) is 0 Å². The third-order valence-electron chi connectivity index (χ3n) is 3.28. The molecular weight excluding hydrogens is 232 g/mol. The standard InChI is InChI=1S/C12H22N2O2Si/c1-5-11(15)12(16)10(2)13-14-8-6-7-9-17(14,3)4/h5-9H2,1-4H3. The van der Waals surface area contributed by atoms with E-state index in [1.54, 1.807) is 13.8 Å². The summed E-state index contributed by atoms with van der Waals surface area (Å²) in [4.78, 5) is 23.0. The van der Waals surface area contributed by atoms with Crippen molar-refractivity contribution in [2.24, 2.45) is 5.10 Å². The molecule has 1 aliphatic heterocycles. The van der Waals surface area contributed by atoms with Gasteiger partial charge in [-0.25, -0.2) is 0 Å². The second-order valence-corrected chi connectivity index (χ2v) is 9.83. The van der Waals surface area contributed by atoms with E-state index in [0.29, 0.717) is 5.71 Å². The van der Waals surface area contributed by atoms with Crippen LogP contribution in [0.2, 0.25) is 19.1 Å². The first-order valence-corrected chi connectivity index (χ1v) is 9.44. The number of rotatable bonds is 4. The van der Waals surface area contributed by atoms with E-state index in [1.165, 1.54) is 12.5 Å². The zero-order valence-corrected chi connectivity index (χ0v) is 12.2. The lowest BCUT2D eigenvalue weighted by Gasteiger charge is -2.38. The molecule has 0 aromatic rings. The van der Waals surface area contributed by atoms with Gasteiger partial charge in [-0.1, -0.05) is 26.4 Å². The number of carbonyl (C=O) groups excluding carboxylic acids is 2. The summed E-state index contributed by atoms with van der Waals surface area (Å²) >= 11 is 0. The number of carbonyl (C=O) groups is 2. The predicted molar refractivity (Wildman–Crippen MR) is 71.6 cm³/mol. The Morgan fingerprint density at radius 1 is 1.29 bits per heavy atom. The first-order chi connectivity index (χ1) is 7.88. The van der Waals surface area contributed by atoms with E-state index >= 15 is 0 Å². The maximum absolute atomic E-state index is 11.7. The van der Waals surface area contributed by atoms with Gasteiger partial charge in [0.1, 0.15) is 5.71 Å². The molecule has 0 N–H and O–H groups in total. The van der Waals surface area contributed by atoms with Crippen LogP contribution in [-0.4, -0.2) is 36.7 Å². The fourth-order valence-corrected chi connectivity index (χ4v) is 4.58. The monoisotopic (exact) mass is 254 g/mol. The highest BCUT2D eigenvalue weighted by Crippen LogP contribution is 2.24. The smallest absolute Gasteiger partial charge is 0.244 e. The highest BCUT2D eigenvalue weighted by molar-refractivity contribution is 6.75. The second-order valence-electron chi connectivity index (χ2n) is 5.18. The lowest BCUT2D eigenvalue weighted by molar-refractivity contribution is -0.132. The fourth-order valence-electron chi connectivity index (χ4n) is 2.03. The van der Waals surface area contributed by atoms with Gasteiger partial charge in [0.2, 0.25) is 11.6 Å². The van der Waals surface area contributed by atoms with Gasteiger partial charge >= 0.3 is 0 Å². The van der Waals surface area contributed by atoms with Crippen LogP contribution in [0.4, 0.5) is 0 Å². The van der Waals surface area contributed by atoms with Gasteiger partial charge in [-0.05, 0) is 19.4 Å². The number of hydrogen-bond acceptors (Lipinski definition) is 4. The minimum Gasteiger partial charge on any atom is -0.324 e. The van der Waals surface area contributed by atoms with Crippen LogP contribution >= 0.6 is 0 Å². The van der Waals surface area contributed by atoms with Crippen LogP contribution in [-0.2, 0) is 9.59 Å². The van der Waals surface area contributed by atoms with Crippen molar-refractivity contribution in [1.29, 1.82) is 0 Å². The lowest BCUT2D eigenvalue weighted by atomic mass is 10.1. The molecule has 0 aromatic carbocycles. The Morgan fingerprint density at radius 2 is 1.94 bits per heavy atom. The molecule has 0 bridgehead atoms. The van der Waals surface area contributed by atoms with Gasteiger partial charge in [-0.3, -0.25) is 9.59 Å². The summed E-state index contributed by atoms with van der Waals surface area (Å²) in [6.45, 7) is 8.79. The van der Waals surface area contributed by atoms with E-state index in [1.807, 2.05) is 0 Å². The van der Waals surface area contributed by atoms with E-state index in [2.05, 4.69) is 22.9 Å². The Kier molecular flexibility index (Phi) is 4.62. The molecule has 0 aliphatic carbocycles. The average molecular weight is 254 g/mol. The Morgan fingerprint density at radius 3 is 2.47 bits per heavy atom. The third kappa shape index (κ3) is 3.49. The Labute approximate surface area is 104 Å². The average Bonchev–Trinajstić information content (AvgIpc) is 2.29. The van der Waals surface area contributed by atoms with Gasteiger partial charge in [0, 0.05) is 13.0 Å². The minimum atomic E-state index is -1.49. The van der Waals surface area contributed by atoms with Crippen molar-refractivity contribution in [3.05, 3.63) is 0 Å². The number of hydrogen-bond donors (Lipinski definition) is 0. The van der Waals surface area contributed by atoms with Crippen LogP contribution in [0.5, 0.6) is 0 Å². The predicted octanol–water partition coefficient (Wildman–Crippen LogP) is 2.21. The summed E-state index contributed by atoms with van der Waals surface area (Å²) in [6, 6.07) is 1.21. The van der Waals surface area contributed by atoms with Crippen molar-refractivity contribution < 1.29 is 9.59 Å². The van der Waals surface area contributed by atoms with Gasteiger partial charge in [0.15, 0.2) is 8.24 Å². The zero-order valence-electron chi connectivity index (χ0n) is 11.2. The molecule has 0 amide bonds. The zero-order chi connectivity index (χ0) is 13.1. The number of nitrogens with zero attached hydrogens (tertiary/aromatic N) is 2. The van der Waals surface area contributed by atoms with E-state index in [-0.39, 0.29) is 12.2 Å². The van der Waals surface area contributed by atoms with Crippen molar-refractivity contribution in [2.45, 2.75) is 52.2 Å². The molecule has 5 heteroatoms. The summed E-state index contributed by atoms with van der Waals surface area (Å²) in [5.74, 6) is -0.773. The van der Waals surface area contributed by atoms with Gasteiger partial charge in [0.25, 0.3) is 0 Å². The van der Waals surface area contributed by atoms with E-state index in [4.69, 9.17) is 0 Å². The molecule has 0 spiro atoms. The minimum absolute atomic E-state index is 0.256. The molecule has 0 radical (unpaired) electrons. The summed E-state index contributed by atoms with van der Waals surface area (Å²) in [5.41, 5.74) is 0.347. The summed E-state index contributed by atoms with van der Waals surface area (Å²) in [7, 11) is -1.49. The molecule has 0 unspecified atom stereocenters. The van der Waals surface area contributed by atoms with Crippen molar-refractivity contribution in [2.75, 3.05) is 6.54 Å². The van der Waals surface area contributed by atoms with Crippen LogP contribution in [0, 0.1) is 0 Å². The summed E-state index contributed by atoms with van der Waals surface area (Å²) in [5, 5.41) is 4.40. The topological polar surface area (TPSA) is 49.7 Å². The molecule has 1 rings (SSSR count). The number of Topliss-reactive ketones (excluding diaryl/α,β-unsaturated/α-hetero) is 2. The van der Waals surface area contributed by atoms with E-state index < -0.39 is 14.0 Å². The van der Waals surface area contributed by atoms with Crippen LogP contribution in [0.1, 0.15) is 33.1 Å². The first kappa shape index (κ1) is 14.1. The number of hydrazone groups is 1. The quantitative estimate of drug-likeness (QED) is 0.439. The van der Waals surface area contributed by atoms with Gasteiger partial charge < -0.3 is 4.67 Å². The maximum Gasteiger partial charge on any atom is 0.244 e. The van der Waals surface area contributed by atoms with Crippen molar-refractivity contribution in [3.8, 4) is 0 Å². The molecule has 0 saturated carbocycles. The Hall–Kier alpha value is -0.973. The second kappa shape index (κ2) is 5.58. The van der Waals surface area contributed by atoms with E-state index in [0.717, 1.165) is 13.0 Å². The fraction of sp³-hybridized carbons (Fsp3) is 0.750. The lowest BCUT2D eigenvalue weighted by Crippen LogP contribution is -2.49. The molecule has 4 nitrogen and oxygen atoms in total. The van der Waals surface area contributed by atoms with Gasteiger partial charge in [0.05, 0.1) is 0 Å². The SMILES string of the molecule is CCC(=O)C(=O)C(C)=NN1CCCC[Si]1(C)C. The molecule has 17 heavy (non-hydrogen) atoms. The molecule has 1 saturated heterocycles. The maximum atomic E-state index is 11.7. The highest BCUT2D eigenvalue weighted by atomic mass is 28.3. The molecular formula is C12H22N2O2Si. The van der Waals surface area contributed by atoms with Crippen LogP contribution in [0.25, 0.3) is 0 Å². The molecule has 0 aromatic heterocycles. The molecule has 1 aliphatic rings. The van der Waals surface area contributed by atoms with Crippen molar-refractivity contribution in [1.82, 2.24) is 4.67 Å². The number of ketones is 2. The molecule has 1 heterocycles. The van der Waals surface area contributed by atoms with Gasteiger partial charge in [-0.2, -0.15) is 5.10 Å². The highest BCUT2D eigenvalue weighted by Gasteiger charge is 2.32. The van der Waals surface area contributed by atoms with Crippen molar-refractivity contribution >= 4 is 25.5 Å². The Bertz CT molecular complexity index is 350. The van der Waals surface area contributed by atoms with Crippen LogP contribution in [0.15, 0.2) is 5.10 Å². The van der Waals surface area contributed by atoms with Crippen molar-refractivity contribution in [3.63, 3.8) is 0 Å². The molecule has 96 valence electrons. The Balaban J connectivity index is 2.80. The first-order valence-electron chi connectivity index (χ1n) is 6.29. The third-order valence-corrected chi connectivity index (χ3v) is 6.58. The molecule has 0 atom stereocenters. The van der Waals surface area contributed by atoms with Crippen LogP contribution < -0.4 is 0 Å². The summed E-state index contributed by atoms with van der Waals surface area (Å²) < 4.78 is 2.09. The normalized spacial score (nSPS) is 20.2.